The number of rotatable bonds is 6. The smallest absolute Gasteiger partial charge is 0.271 e. The van der Waals surface area contributed by atoms with E-state index in [2.05, 4.69) is 30.3 Å². The molecular formula is C21H19N7O4. The number of methoxy groups -OCH3 is 2. The highest BCUT2D eigenvalue weighted by Gasteiger charge is 2.37. The minimum atomic E-state index is -0.157. The maximum Gasteiger partial charge on any atom is 0.271 e. The largest absolute Gasteiger partial charge is 0.497 e. The van der Waals surface area contributed by atoms with Crippen LogP contribution in [0.15, 0.2) is 47.4 Å². The summed E-state index contributed by atoms with van der Waals surface area (Å²) in [4.78, 5) is 27.1. The lowest BCUT2D eigenvalue weighted by atomic mass is 9.99. The quantitative estimate of drug-likeness (QED) is 0.486. The van der Waals surface area contributed by atoms with Crippen molar-refractivity contribution < 1.29 is 18.8 Å². The van der Waals surface area contributed by atoms with Gasteiger partial charge >= 0.3 is 0 Å². The molecule has 1 fully saturated rings. The van der Waals surface area contributed by atoms with Crippen LogP contribution in [0.2, 0.25) is 0 Å². The molecule has 1 aliphatic heterocycles. The Kier molecular flexibility index (Phi) is 4.98. The summed E-state index contributed by atoms with van der Waals surface area (Å²) in [6, 6.07) is 7.11. The van der Waals surface area contributed by atoms with Crippen molar-refractivity contribution in [1.82, 2.24) is 35.2 Å². The number of benzene rings is 1. The Morgan fingerprint density at radius 2 is 2.03 bits per heavy atom. The van der Waals surface area contributed by atoms with Gasteiger partial charge in [0.1, 0.15) is 22.9 Å². The number of ether oxygens (including phenoxy) is 2. The lowest BCUT2D eigenvalue weighted by molar-refractivity contribution is 0.0563. The molecule has 1 aliphatic rings. The number of nitrogens with zero attached hydrogens (tertiary/aromatic N) is 6. The fraction of sp³-hybridized carbons (Fsp3) is 0.238. The molecule has 11 nitrogen and oxygen atoms in total. The fourth-order valence-electron chi connectivity index (χ4n) is 3.47. The zero-order chi connectivity index (χ0) is 22.1. The van der Waals surface area contributed by atoms with Crippen molar-refractivity contribution in [3.05, 3.63) is 54.4 Å². The average molecular weight is 433 g/mol. The second-order valence-electron chi connectivity index (χ2n) is 7.19. The second-order valence-corrected chi connectivity index (χ2v) is 7.19. The number of hydrogen-bond acceptors (Lipinski definition) is 9. The first-order chi connectivity index (χ1) is 15.7. The van der Waals surface area contributed by atoms with Crippen molar-refractivity contribution in [2.45, 2.75) is 5.92 Å². The minimum absolute atomic E-state index is 0.0299. The van der Waals surface area contributed by atoms with E-state index in [-0.39, 0.29) is 11.8 Å². The molecule has 1 N–H and O–H groups in total. The average Bonchev–Trinajstić information content (AvgIpc) is 3.48. The molecule has 4 aromatic rings. The maximum absolute atomic E-state index is 12.9. The summed E-state index contributed by atoms with van der Waals surface area (Å²) in [5.74, 6) is 1.97. The van der Waals surface area contributed by atoms with E-state index < -0.39 is 0 Å². The van der Waals surface area contributed by atoms with Crippen LogP contribution in [0.3, 0.4) is 0 Å². The number of carbonyl (C=O) groups is 1. The van der Waals surface area contributed by atoms with Crippen LogP contribution < -0.4 is 9.47 Å². The third-order valence-electron chi connectivity index (χ3n) is 5.24. The molecular weight excluding hydrogens is 414 g/mol. The van der Waals surface area contributed by atoms with E-state index in [1.165, 1.54) is 0 Å². The standard InChI is InChI=1S/C21H19N7O4/c1-30-13-3-4-18(31-2)14(7-13)15-8-16(26-25-15)21(29)28-10-12(11-28)20-24-19(27-32-20)17-9-22-5-6-23-17/h3-9,12H,10-11H2,1-2H3,(H,25,26). The Hall–Kier alpha value is -4.28. The van der Waals surface area contributed by atoms with Crippen LogP contribution in [-0.4, -0.2) is 68.4 Å². The molecule has 1 amide bonds. The molecule has 0 radical (unpaired) electrons. The third kappa shape index (κ3) is 3.53. The monoisotopic (exact) mass is 433 g/mol. The van der Waals surface area contributed by atoms with Crippen molar-refractivity contribution in [3.8, 4) is 34.3 Å². The van der Waals surface area contributed by atoms with Crippen molar-refractivity contribution >= 4 is 5.91 Å². The number of amides is 1. The van der Waals surface area contributed by atoms with Crippen molar-refractivity contribution in [1.29, 1.82) is 0 Å². The molecule has 0 bridgehead atoms. The Bertz CT molecular complexity index is 1250. The van der Waals surface area contributed by atoms with Gasteiger partial charge in [-0.15, -0.1) is 0 Å². The van der Waals surface area contributed by atoms with E-state index in [1.807, 2.05) is 6.07 Å². The maximum atomic E-state index is 12.9. The minimum Gasteiger partial charge on any atom is -0.497 e. The summed E-state index contributed by atoms with van der Waals surface area (Å²) in [6.45, 7) is 0.940. The van der Waals surface area contributed by atoms with Gasteiger partial charge in [-0.1, -0.05) is 5.16 Å². The first-order valence-corrected chi connectivity index (χ1v) is 9.83. The van der Waals surface area contributed by atoms with Gasteiger partial charge in [0.15, 0.2) is 0 Å². The van der Waals surface area contributed by atoms with Gasteiger partial charge in [0.25, 0.3) is 5.91 Å². The van der Waals surface area contributed by atoms with Crippen molar-refractivity contribution in [2.75, 3.05) is 27.3 Å². The van der Waals surface area contributed by atoms with Gasteiger partial charge in [-0.2, -0.15) is 10.1 Å². The fourth-order valence-corrected chi connectivity index (χ4v) is 3.47. The second kappa shape index (κ2) is 8.10. The highest BCUT2D eigenvalue weighted by molar-refractivity contribution is 5.94. The van der Waals surface area contributed by atoms with Crippen LogP contribution in [0.5, 0.6) is 11.5 Å². The van der Waals surface area contributed by atoms with E-state index in [1.54, 1.807) is 55.9 Å². The van der Waals surface area contributed by atoms with E-state index in [0.717, 1.165) is 5.56 Å². The molecule has 1 aromatic carbocycles. The van der Waals surface area contributed by atoms with Gasteiger partial charge < -0.3 is 18.9 Å². The molecule has 4 heterocycles. The molecule has 162 valence electrons. The van der Waals surface area contributed by atoms with Gasteiger partial charge in [0, 0.05) is 31.0 Å². The van der Waals surface area contributed by atoms with Crippen LogP contribution in [-0.2, 0) is 0 Å². The van der Waals surface area contributed by atoms with Gasteiger partial charge in [0.2, 0.25) is 11.7 Å². The molecule has 11 heteroatoms. The zero-order valence-electron chi connectivity index (χ0n) is 17.3. The normalized spacial score (nSPS) is 13.6. The Morgan fingerprint density at radius 3 is 2.78 bits per heavy atom. The number of aromatic nitrogens is 6. The molecule has 3 aromatic heterocycles. The Balaban J connectivity index is 1.27. The van der Waals surface area contributed by atoms with Crippen LogP contribution in [0, 0.1) is 0 Å². The summed E-state index contributed by atoms with van der Waals surface area (Å²) < 4.78 is 16.0. The highest BCUT2D eigenvalue weighted by atomic mass is 16.5. The molecule has 0 aliphatic carbocycles. The van der Waals surface area contributed by atoms with E-state index >= 15 is 0 Å². The van der Waals surface area contributed by atoms with Crippen molar-refractivity contribution in [3.63, 3.8) is 0 Å². The number of carbonyl (C=O) groups excluding carboxylic acids is 1. The Labute approximate surface area is 182 Å². The van der Waals surface area contributed by atoms with E-state index in [0.29, 0.717) is 53.4 Å². The van der Waals surface area contributed by atoms with Crippen LogP contribution in [0.25, 0.3) is 22.8 Å². The number of nitrogens with one attached hydrogen (secondary N) is 1. The first-order valence-electron chi connectivity index (χ1n) is 9.83. The number of H-pyrrole nitrogens is 1. The molecule has 0 saturated carbocycles. The summed E-state index contributed by atoms with van der Waals surface area (Å²) in [5, 5.41) is 11.1. The molecule has 0 atom stereocenters. The van der Waals surface area contributed by atoms with Crippen molar-refractivity contribution in [2.24, 2.45) is 0 Å². The van der Waals surface area contributed by atoms with Crippen LogP contribution in [0.1, 0.15) is 22.3 Å². The first kappa shape index (κ1) is 19.7. The van der Waals surface area contributed by atoms with Gasteiger partial charge in [-0.3, -0.25) is 14.9 Å². The van der Waals surface area contributed by atoms with E-state index in [9.17, 15) is 4.79 Å². The van der Waals surface area contributed by atoms with Gasteiger partial charge in [0.05, 0.1) is 32.0 Å². The predicted molar refractivity (Wildman–Crippen MR) is 111 cm³/mol. The summed E-state index contributed by atoms with van der Waals surface area (Å²) in [5.41, 5.74) is 2.24. The molecule has 0 spiro atoms. The molecule has 32 heavy (non-hydrogen) atoms. The van der Waals surface area contributed by atoms with Crippen LogP contribution in [0.4, 0.5) is 0 Å². The lowest BCUT2D eigenvalue weighted by Gasteiger charge is -2.36. The number of likely N-dealkylation sites (tertiary alicyclic amines) is 1. The summed E-state index contributed by atoms with van der Waals surface area (Å²) in [6.07, 6.45) is 4.71. The zero-order valence-corrected chi connectivity index (χ0v) is 17.3. The molecule has 0 unspecified atom stereocenters. The van der Waals surface area contributed by atoms with Gasteiger partial charge in [-0.25, -0.2) is 4.98 Å². The third-order valence-corrected chi connectivity index (χ3v) is 5.24. The predicted octanol–water partition coefficient (Wildman–Crippen LogP) is 2.17. The van der Waals surface area contributed by atoms with E-state index in [4.69, 9.17) is 14.0 Å². The number of hydrogen-bond donors (Lipinski definition) is 1. The highest BCUT2D eigenvalue weighted by Crippen LogP contribution is 2.33. The summed E-state index contributed by atoms with van der Waals surface area (Å²) >= 11 is 0. The lowest BCUT2D eigenvalue weighted by Crippen LogP contribution is -2.48. The summed E-state index contributed by atoms with van der Waals surface area (Å²) in [7, 11) is 3.17. The van der Waals surface area contributed by atoms with Gasteiger partial charge in [-0.05, 0) is 24.3 Å². The molecule has 1 saturated heterocycles. The number of aromatic amines is 1. The topological polar surface area (TPSA) is 132 Å². The Morgan fingerprint density at radius 1 is 1.16 bits per heavy atom. The SMILES string of the molecule is COc1ccc(OC)c(-c2cc(C(=O)N3CC(c4nc(-c5cnccn5)no4)C3)[nH]n2)c1. The van der Waals surface area contributed by atoms with Crippen LogP contribution >= 0.6 is 0 Å². The molecule has 5 rings (SSSR count).